The van der Waals surface area contributed by atoms with E-state index in [4.69, 9.17) is 17.0 Å². The van der Waals surface area contributed by atoms with E-state index in [0.717, 1.165) is 11.4 Å². The average molecular weight is 348 g/mol. The van der Waals surface area contributed by atoms with Gasteiger partial charge in [-0.15, -0.1) is 0 Å². The van der Waals surface area contributed by atoms with Gasteiger partial charge in [0.15, 0.2) is 10.6 Å². The van der Waals surface area contributed by atoms with E-state index in [1.54, 1.807) is 4.68 Å². The first-order valence-corrected chi connectivity index (χ1v) is 8.11. The first-order chi connectivity index (χ1) is 11.5. The van der Waals surface area contributed by atoms with Crippen LogP contribution in [0.4, 0.5) is 0 Å². The van der Waals surface area contributed by atoms with Crippen molar-refractivity contribution in [3.8, 4) is 11.4 Å². The van der Waals surface area contributed by atoms with Crippen LogP contribution < -0.4 is 0 Å². The van der Waals surface area contributed by atoms with Crippen molar-refractivity contribution in [2.24, 2.45) is 7.05 Å². The Labute approximate surface area is 145 Å². The molecule has 24 heavy (non-hydrogen) atoms. The van der Waals surface area contributed by atoms with Gasteiger partial charge in [-0.3, -0.25) is 9.69 Å². The Balaban J connectivity index is 1.88. The van der Waals surface area contributed by atoms with Crippen molar-refractivity contribution in [3.63, 3.8) is 0 Å². The molecule has 0 amide bonds. The Hall–Kier alpha value is -2.03. The number of aliphatic hydroxyl groups is 1. The summed E-state index contributed by atoms with van der Waals surface area (Å²) >= 11 is 5.47. The number of benzene rings is 1. The molecule has 1 saturated heterocycles. The number of ether oxygens (including phenoxy) is 1. The first kappa shape index (κ1) is 16.8. The standard InChI is InChI=1S/C16H20N4O3S/c1-18-14(11-6-4-3-5-7-11)17-20(16(18)24)10-19-9-12(21)8-13(19)15(22)23-2/h3-7,12-13,21H,8-10H2,1-2H3/t12-,13+/m1/s1. The van der Waals surface area contributed by atoms with Gasteiger partial charge in [-0.25, -0.2) is 4.68 Å². The van der Waals surface area contributed by atoms with Crippen molar-refractivity contribution >= 4 is 18.2 Å². The summed E-state index contributed by atoms with van der Waals surface area (Å²) in [4.78, 5) is 13.7. The van der Waals surface area contributed by atoms with E-state index >= 15 is 0 Å². The van der Waals surface area contributed by atoms with E-state index in [-0.39, 0.29) is 5.97 Å². The zero-order chi connectivity index (χ0) is 17.3. The van der Waals surface area contributed by atoms with Gasteiger partial charge in [0.2, 0.25) is 0 Å². The van der Waals surface area contributed by atoms with Crippen molar-refractivity contribution in [1.82, 2.24) is 19.2 Å². The van der Waals surface area contributed by atoms with Gasteiger partial charge in [0.05, 0.1) is 19.9 Å². The number of likely N-dealkylation sites (tertiary alicyclic amines) is 1. The molecule has 1 aliphatic heterocycles. The zero-order valence-electron chi connectivity index (χ0n) is 13.6. The summed E-state index contributed by atoms with van der Waals surface area (Å²) in [6, 6.07) is 9.30. The van der Waals surface area contributed by atoms with Crippen molar-refractivity contribution in [2.45, 2.75) is 25.2 Å². The van der Waals surface area contributed by atoms with Crippen molar-refractivity contribution in [1.29, 1.82) is 0 Å². The lowest BCUT2D eigenvalue weighted by molar-refractivity contribution is -0.146. The molecule has 0 saturated carbocycles. The Bertz CT molecular complexity index is 786. The molecule has 0 aliphatic carbocycles. The Morgan fingerprint density at radius 3 is 2.79 bits per heavy atom. The number of rotatable bonds is 4. The second-order valence-electron chi connectivity index (χ2n) is 5.87. The number of hydrogen-bond acceptors (Lipinski definition) is 6. The summed E-state index contributed by atoms with van der Waals surface area (Å²) in [7, 11) is 3.22. The van der Waals surface area contributed by atoms with Crippen LogP contribution in [0.25, 0.3) is 11.4 Å². The molecule has 7 nitrogen and oxygen atoms in total. The molecule has 8 heteroatoms. The van der Waals surface area contributed by atoms with Crippen molar-refractivity contribution < 1.29 is 14.6 Å². The fourth-order valence-electron chi connectivity index (χ4n) is 3.01. The zero-order valence-corrected chi connectivity index (χ0v) is 14.4. The van der Waals surface area contributed by atoms with E-state index in [1.165, 1.54) is 7.11 Å². The van der Waals surface area contributed by atoms with E-state index in [9.17, 15) is 9.90 Å². The van der Waals surface area contributed by atoms with Gasteiger partial charge in [-0.1, -0.05) is 30.3 Å². The number of carbonyl (C=O) groups is 1. The van der Waals surface area contributed by atoms with Crippen LogP contribution in [0, 0.1) is 4.77 Å². The van der Waals surface area contributed by atoms with Gasteiger partial charge in [-0.2, -0.15) is 5.10 Å². The highest BCUT2D eigenvalue weighted by Gasteiger charge is 2.37. The summed E-state index contributed by atoms with van der Waals surface area (Å²) in [6.45, 7) is 0.717. The Morgan fingerprint density at radius 1 is 1.42 bits per heavy atom. The number of nitrogens with zero attached hydrogens (tertiary/aromatic N) is 4. The SMILES string of the molecule is COC(=O)[C@@H]1C[C@@H](O)CN1Cn1nc(-c2ccccc2)n(C)c1=S. The fourth-order valence-corrected chi connectivity index (χ4v) is 3.19. The number of carbonyl (C=O) groups excluding carboxylic acids is 1. The summed E-state index contributed by atoms with van der Waals surface area (Å²) < 4.78 is 8.89. The number of aliphatic hydroxyl groups excluding tert-OH is 1. The molecule has 1 N–H and O–H groups in total. The molecule has 1 aromatic heterocycles. The van der Waals surface area contributed by atoms with Crippen LogP contribution in [0.2, 0.25) is 0 Å². The molecule has 0 spiro atoms. The molecule has 1 fully saturated rings. The lowest BCUT2D eigenvalue weighted by Gasteiger charge is -2.21. The molecule has 128 valence electrons. The molecule has 0 bridgehead atoms. The van der Waals surface area contributed by atoms with Crippen LogP contribution in [0.15, 0.2) is 30.3 Å². The lowest BCUT2D eigenvalue weighted by atomic mass is 10.2. The van der Waals surface area contributed by atoms with Crippen LogP contribution in [0.3, 0.4) is 0 Å². The third kappa shape index (κ3) is 3.12. The second kappa shape index (κ2) is 6.84. The molecule has 3 rings (SSSR count). The minimum atomic E-state index is -0.555. The monoisotopic (exact) mass is 348 g/mol. The lowest BCUT2D eigenvalue weighted by Crippen LogP contribution is -2.38. The summed E-state index contributed by atoms with van der Waals surface area (Å²) in [6.07, 6.45) is -0.196. The minimum Gasteiger partial charge on any atom is -0.468 e. The number of methoxy groups -OCH3 is 1. The maximum absolute atomic E-state index is 11.9. The van der Waals surface area contributed by atoms with Crippen LogP contribution in [-0.2, 0) is 23.2 Å². The second-order valence-corrected chi connectivity index (χ2v) is 6.24. The van der Waals surface area contributed by atoms with Crippen LogP contribution in [-0.4, -0.2) is 56.1 Å². The molecule has 2 heterocycles. The highest BCUT2D eigenvalue weighted by Crippen LogP contribution is 2.21. The van der Waals surface area contributed by atoms with Crippen LogP contribution in [0.5, 0.6) is 0 Å². The van der Waals surface area contributed by atoms with Crippen molar-refractivity contribution in [3.05, 3.63) is 35.1 Å². The van der Waals surface area contributed by atoms with Crippen LogP contribution in [0.1, 0.15) is 6.42 Å². The molecule has 2 aromatic rings. The molecule has 1 aromatic carbocycles. The number of hydrogen-bond donors (Lipinski definition) is 1. The van der Waals surface area contributed by atoms with Gasteiger partial charge in [0.1, 0.15) is 6.04 Å². The molecule has 0 unspecified atom stereocenters. The molecular formula is C16H20N4O3S. The quantitative estimate of drug-likeness (QED) is 0.661. The molecule has 0 radical (unpaired) electrons. The predicted octanol–water partition coefficient (Wildman–Crippen LogP) is 1.18. The van der Waals surface area contributed by atoms with E-state index in [0.29, 0.717) is 24.4 Å². The average Bonchev–Trinajstić information content (AvgIpc) is 3.10. The molecular weight excluding hydrogens is 328 g/mol. The fraction of sp³-hybridized carbons (Fsp3) is 0.438. The van der Waals surface area contributed by atoms with E-state index in [2.05, 4.69) is 5.10 Å². The highest BCUT2D eigenvalue weighted by atomic mass is 32.1. The van der Waals surface area contributed by atoms with Gasteiger partial charge in [-0.05, 0) is 12.2 Å². The van der Waals surface area contributed by atoms with Crippen molar-refractivity contribution in [2.75, 3.05) is 13.7 Å². The smallest absolute Gasteiger partial charge is 0.323 e. The maximum Gasteiger partial charge on any atom is 0.323 e. The number of aromatic nitrogens is 3. The largest absolute Gasteiger partial charge is 0.468 e. The number of esters is 1. The van der Waals surface area contributed by atoms with Gasteiger partial charge >= 0.3 is 5.97 Å². The Kier molecular flexibility index (Phi) is 4.79. The van der Waals surface area contributed by atoms with Gasteiger partial charge in [0.25, 0.3) is 0 Å². The van der Waals surface area contributed by atoms with Crippen LogP contribution >= 0.6 is 12.2 Å². The highest BCUT2D eigenvalue weighted by molar-refractivity contribution is 7.71. The van der Waals surface area contributed by atoms with Gasteiger partial charge < -0.3 is 14.4 Å². The number of β-amino-alcohol motifs (C(OH)–C–C–N with tert-alkyl or cyclic N) is 1. The van der Waals surface area contributed by atoms with Gasteiger partial charge in [0, 0.05) is 25.6 Å². The Morgan fingerprint density at radius 2 is 2.12 bits per heavy atom. The maximum atomic E-state index is 11.9. The third-order valence-corrected chi connectivity index (χ3v) is 4.73. The third-order valence-electron chi connectivity index (χ3n) is 4.24. The summed E-state index contributed by atoms with van der Waals surface area (Å²) in [5, 5.41) is 14.5. The molecule has 2 atom stereocenters. The molecule has 1 aliphatic rings. The summed E-state index contributed by atoms with van der Waals surface area (Å²) in [5.41, 5.74) is 0.968. The normalized spacial score (nSPS) is 21.1. The predicted molar refractivity (Wildman–Crippen MR) is 90.6 cm³/mol. The van der Waals surface area contributed by atoms with E-state index in [1.807, 2.05) is 46.8 Å². The summed E-state index contributed by atoms with van der Waals surface area (Å²) in [5.74, 6) is 0.409. The first-order valence-electron chi connectivity index (χ1n) is 7.70. The van der Waals surface area contributed by atoms with E-state index < -0.39 is 12.1 Å². The topological polar surface area (TPSA) is 72.5 Å². The minimum absolute atomic E-state index is 0.330.